The van der Waals surface area contributed by atoms with Crippen molar-refractivity contribution >= 4 is 0 Å². The van der Waals surface area contributed by atoms with Crippen LogP contribution in [0.2, 0.25) is 0 Å². The number of hydrogen-bond acceptors (Lipinski definition) is 0. The van der Waals surface area contributed by atoms with Crippen LogP contribution in [0.3, 0.4) is 0 Å². The minimum atomic E-state index is 1.18. The first-order chi connectivity index (χ1) is 7.70. The van der Waals surface area contributed by atoms with E-state index in [9.17, 15) is 0 Å². The molecular formula is C16H22. The minimum Gasteiger partial charge on any atom is -0.0958 e. The molecule has 0 spiro atoms. The van der Waals surface area contributed by atoms with E-state index in [1.165, 1.54) is 42.4 Å². The van der Waals surface area contributed by atoms with Gasteiger partial charge in [-0.3, -0.25) is 0 Å². The van der Waals surface area contributed by atoms with E-state index in [0.717, 1.165) is 0 Å². The van der Waals surface area contributed by atoms with Gasteiger partial charge < -0.3 is 0 Å². The molecule has 0 atom stereocenters. The molecule has 0 nitrogen and oxygen atoms in total. The Morgan fingerprint density at radius 3 is 2.00 bits per heavy atom. The van der Waals surface area contributed by atoms with Gasteiger partial charge >= 0.3 is 0 Å². The number of hydrogen-bond donors (Lipinski definition) is 0. The molecule has 0 N–H and O–H groups in total. The van der Waals surface area contributed by atoms with E-state index in [-0.39, 0.29) is 0 Å². The molecule has 0 saturated carbocycles. The Hall–Kier alpha value is -1.30. The Morgan fingerprint density at radius 2 is 1.69 bits per heavy atom. The lowest BCUT2D eigenvalue weighted by Gasteiger charge is -2.10. The largest absolute Gasteiger partial charge is 0.0958 e. The normalized spacial score (nSPS) is 18.1. The minimum absolute atomic E-state index is 1.18. The zero-order valence-corrected chi connectivity index (χ0v) is 10.5. The van der Waals surface area contributed by atoms with Crippen molar-refractivity contribution in [3.05, 3.63) is 59.8 Å². The van der Waals surface area contributed by atoms with Crippen molar-refractivity contribution in [1.29, 1.82) is 0 Å². The van der Waals surface area contributed by atoms with Crippen molar-refractivity contribution < 1.29 is 0 Å². The Kier molecular flexibility index (Phi) is 5.63. The van der Waals surface area contributed by atoms with Crippen molar-refractivity contribution in [2.75, 3.05) is 0 Å². The first-order valence-corrected chi connectivity index (χ1v) is 6.04. The standard InChI is InChI=1S/C10H14.C6H8/c1-8(2)10-6-4-9(3)5-7-10;1-2-4-6-5-3-1/h4,6H,1,5,7H2,2-3H3;1-4H,5-6H2. The number of rotatable bonds is 1. The molecule has 86 valence electrons. The summed E-state index contributed by atoms with van der Waals surface area (Å²) in [5.41, 5.74) is 4.10. The average Bonchev–Trinajstić information content (AvgIpc) is 2.32. The fourth-order valence-electron chi connectivity index (χ4n) is 1.64. The first kappa shape index (κ1) is 12.8. The molecule has 0 unspecified atom stereocenters. The van der Waals surface area contributed by atoms with E-state index < -0.39 is 0 Å². The van der Waals surface area contributed by atoms with Crippen molar-refractivity contribution in [1.82, 2.24) is 0 Å². The quantitative estimate of drug-likeness (QED) is 0.568. The van der Waals surface area contributed by atoms with Crippen molar-refractivity contribution in [3.63, 3.8) is 0 Å². The second-order valence-corrected chi connectivity index (χ2v) is 4.42. The van der Waals surface area contributed by atoms with E-state index in [2.05, 4.69) is 56.9 Å². The third kappa shape index (κ3) is 4.97. The Bertz CT molecular complexity index is 336. The van der Waals surface area contributed by atoms with E-state index >= 15 is 0 Å². The van der Waals surface area contributed by atoms with Crippen LogP contribution in [0.15, 0.2) is 59.8 Å². The predicted molar refractivity (Wildman–Crippen MR) is 73.4 cm³/mol. The van der Waals surface area contributed by atoms with Gasteiger partial charge in [-0.2, -0.15) is 0 Å². The Labute approximate surface area is 99.8 Å². The van der Waals surface area contributed by atoms with Crippen LogP contribution in [0.4, 0.5) is 0 Å². The average molecular weight is 214 g/mol. The van der Waals surface area contributed by atoms with Gasteiger partial charge in [0.05, 0.1) is 0 Å². The molecule has 2 aliphatic carbocycles. The van der Waals surface area contributed by atoms with Crippen LogP contribution in [0.25, 0.3) is 0 Å². The fourth-order valence-corrected chi connectivity index (χ4v) is 1.64. The van der Waals surface area contributed by atoms with Gasteiger partial charge in [-0.05, 0) is 45.1 Å². The van der Waals surface area contributed by atoms with E-state index in [1.54, 1.807) is 0 Å². The molecule has 0 heterocycles. The van der Waals surface area contributed by atoms with Crippen LogP contribution in [0, 0.1) is 0 Å². The highest BCUT2D eigenvalue weighted by Crippen LogP contribution is 2.21. The summed E-state index contributed by atoms with van der Waals surface area (Å²) in [7, 11) is 0. The molecule has 0 aliphatic heterocycles. The van der Waals surface area contributed by atoms with Gasteiger partial charge in [0.15, 0.2) is 0 Å². The van der Waals surface area contributed by atoms with Crippen LogP contribution in [0.1, 0.15) is 39.5 Å². The van der Waals surface area contributed by atoms with Gasteiger partial charge in [-0.15, -0.1) is 0 Å². The highest BCUT2D eigenvalue weighted by molar-refractivity contribution is 5.34. The molecule has 16 heavy (non-hydrogen) atoms. The maximum Gasteiger partial charge on any atom is -0.0239 e. The second-order valence-electron chi connectivity index (χ2n) is 4.42. The van der Waals surface area contributed by atoms with E-state index in [4.69, 9.17) is 0 Å². The van der Waals surface area contributed by atoms with Crippen LogP contribution in [-0.2, 0) is 0 Å². The van der Waals surface area contributed by atoms with Crippen LogP contribution >= 0.6 is 0 Å². The molecule has 0 saturated heterocycles. The van der Waals surface area contributed by atoms with Gasteiger partial charge in [-0.1, -0.05) is 54.2 Å². The van der Waals surface area contributed by atoms with Crippen LogP contribution in [0.5, 0.6) is 0 Å². The van der Waals surface area contributed by atoms with Crippen molar-refractivity contribution in [3.8, 4) is 0 Å². The lowest BCUT2D eigenvalue weighted by Crippen LogP contribution is -1.90. The lowest BCUT2D eigenvalue weighted by molar-refractivity contribution is 0.913. The molecule has 0 amide bonds. The molecule has 0 bridgehead atoms. The summed E-state index contributed by atoms with van der Waals surface area (Å²) in [4.78, 5) is 0. The summed E-state index contributed by atoms with van der Waals surface area (Å²) in [6.07, 6.45) is 17.8. The van der Waals surface area contributed by atoms with Crippen molar-refractivity contribution in [2.24, 2.45) is 0 Å². The van der Waals surface area contributed by atoms with E-state index in [0.29, 0.717) is 0 Å². The summed E-state index contributed by atoms with van der Waals surface area (Å²) in [5.74, 6) is 0. The van der Waals surface area contributed by atoms with Gasteiger partial charge in [0.25, 0.3) is 0 Å². The molecule has 2 rings (SSSR count). The monoisotopic (exact) mass is 214 g/mol. The third-order valence-corrected chi connectivity index (χ3v) is 2.79. The van der Waals surface area contributed by atoms with Crippen molar-refractivity contribution in [2.45, 2.75) is 39.5 Å². The van der Waals surface area contributed by atoms with Gasteiger partial charge in [-0.25, -0.2) is 0 Å². The molecule has 0 aromatic rings. The molecule has 0 aromatic carbocycles. The lowest BCUT2D eigenvalue weighted by atomic mass is 9.96. The SMILES string of the molecule is C1=CCCC=C1.C=C(C)C1=CC=C(C)CC1. The first-order valence-electron chi connectivity index (χ1n) is 6.04. The van der Waals surface area contributed by atoms with Crippen LogP contribution < -0.4 is 0 Å². The smallest absolute Gasteiger partial charge is 0.0239 e. The number of allylic oxidation sites excluding steroid dienone is 9. The third-order valence-electron chi connectivity index (χ3n) is 2.79. The van der Waals surface area contributed by atoms with Gasteiger partial charge in [0.1, 0.15) is 0 Å². The topological polar surface area (TPSA) is 0 Å². The summed E-state index contributed by atoms with van der Waals surface area (Å²) in [6.45, 7) is 8.15. The Balaban J connectivity index is 0.000000181. The summed E-state index contributed by atoms with van der Waals surface area (Å²) >= 11 is 0. The molecule has 2 aliphatic rings. The highest BCUT2D eigenvalue weighted by atomic mass is 14.1. The van der Waals surface area contributed by atoms with Gasteiger partial charge in [0.2, 0.25) is 0 Å². The van der Waals surface area contributed by atoms with E-state index in [1.807, 2.05) is 0 Å². The summed E-state index contributed by atoms with van der Waals surface area (Å²) < 4.78 is 0. The highest BCUT2D eigenvalue weighted by Gasteiger charge is 2.02. The maximum absolute atomic E-state index is 3.91. The zero-order chi connectivity index (χ0) is 11.8. The molecular weight excluding hydrogens is 192 g/mol. The summed E-state index contributed by atoms with van der Waals surface area (Å²) in [6, 6.07) is 0. The van der Waals surface area contributed by atoms with Crippen LogP contribution in [-0.4, -0.2) is 0 Å². The predicted octanol–water partition coefficient (Wildman–Crippen LogP) is 5.12. The Morgan fingerprint density at radius 1 is 1.06 bits per heavy atom. The molecule has 0 fully saturated rings. The summed E-state index contributed by atoms with van der Waals surface area (Å²) in [5, 5.41) is 0. The fraction of sp³-hybridized carbons (Fsp3) is 0.375. The van der Waals surface area contributed by atoms with Gasteiger partial charge in [0, 0.05) is 0 Å². The molecule has 0 aromatic heterocycles. The molecule has 0 heteroatoms. The molecule has 0 radical (unpaired) electrons. The maximum atomic E-state index is 3.91. The zero-order valence-electron chi connectivity index (χ0n) is 10.5. The second kappa shape index (κ2) is 7.05.